The van der Waals surface area contributed by atoms with Gasteiger partial charge in [-0.1, -0.05) is 6.07 Å². The van der Waals surface area contributed by atoms with E-state index in [1.54, 1.807) is 6.07 Å². The predicted molar refractivity (Wildman–Crippen MR) is 69.3 cm³/mol. The van der Waals surface area contributed by atoms with Crippen LogP contribution in [0.1, 0.15) is 17.7 Å². The molecule has 2 N–H and O–H groups in total. The summed E-state index contributed by atoms with van der Waals surface area (Å²) in [6.45, 7) is 1.66. The summed E-state index contributed by atoms with van der Waals surface area (Å²) in [6.07, 6.45) is 2.82. The minimum absolute atomic E-state index is 0.112. The van der Waals surface area contributed by atoms with Gasteiger partial charge in [-0.05, 0) is 38.9 Å². The van der Waals surface area contributed by atoms with E-state index in [1.165, 1.54) is 11.3 Å². The molecule has 1 aliphatic carbocycles. The highest BCUT2D eigenvalue weighted by Crippen LogP contribution is 2.18. The van der Waals surface area contributed by atoms with Crippen molar-refractivity contribution < 1.29 is 0 Å². The average molecular weight is 235 g/mol. The van der Waals surface area contributed by atoms with Gasteiger partial charge < -0.3 is 15.2 Å². The molecule has 1 atom stereocenters. The van der Waals surface area contributed by atoms with Crippen LogP contribution >= 0.6 is 0 Å². The van der Waals surface area contributed by atoms with Crippen molar-refractivity contribution in [3.63, 3.8) is 0 Å². The maximum Gasteiger partial charge on any atom is 0.250 e. The van der Waals surface area contributed by atoms with Crippen LogP contribution in [0.15, 0.2) is 16.9 Å². The summed E-state index contributed by atoms with van der Waals surface area (Å²) in [7, 11) is 4.05. The number of hydrogen-bond donors (Lipinski definition) is 1. The average Bonchev–Trinajstić information content (AvgIpc) is 2.27. The second kappa shape index (κ2) is 5.02. The molecule has 1 aromatic rings. The lowest BCUT2D eigenvalue weighted by atomic mass is 9.92. The Morgan fingerprint density at radius 1 is 1.47 bits per heavy atom. The molecule has 0 spiro atoms. The van der Waals surface area contributed by atoms with Gasteiger partial charge >= 0.3 is 0 Å². The monoisotopic (exact) mass is 235 g/mol. The number of rotatable bonds is 3. The Labute approximate surface area is 102 Å². The maximum absolute atomic E-state index is 11.9. The van der Waals surface area contributed by atoms with Gasteiger partial charge in [0.2, 0.25) is 0 Å². The molecule has 1 heterocycles. The summed E-state index contributed by atoms with van der Waals surface area (Å²) in [5, 5.41) is 0. The number of hydrogen-bond acceptors (Lipinski definition) is 3. The second-order valence-corrected chi connectivity index (χ2v) is 5.10. The van der Waals surface area contributed by atoms with Crippen molar-refractivity contribution in [3.8, 4) is 0 Å². The van der Waals surface area contributed by atoms with Gasteiger partial charge in [-0.2, -0.15) is 0 Å². The maximum atomic E-state index is 11.9. The first-order chi connectivity index (χ1) is 8.08. The molecule has 94 valence electrons. The van der Waals surface area contributed by atoms with Crippen LogP contribution in [0.5, 0.6) is 0 Å². The first kappa shape index (κ1) is 12.3. The van der Waals surface area contributed by atoms with Crippen LogP contribution in [0.4, 0.5) is 0 Å². The minimum atomic E-state index is 0.112. The molecule has 1 unspecified atom stereocenters. The molecule has 17 heavy (non-hydrogen) atoms. The van der Waals surface area contributed by atoms with E-state index in [0.717, 1.165) is 32.4 Å². The zero-order chi connectivity index (χ0) is 12.4. The van der Waals surface area contributed by atoms with E-state index in [1.807, 2.05) is 24.7 Å². The van der Waals surface area contributed by atoms with E-state index in [0.29, 0.717) is 0 Å². The number of fused-ring (bicyclic) bond motifs is 1. The Morgan fingerprint density at radius 3 is 2.94 bits per heavy atom. The van der Waals surface area contributed by atoms with Gasteiger partial charge in [0.1, 0.15) is 0 Å². The largest absolute Gasteiger partial charge is 0.327 e. The lowest BCUT2D eigenvalue weighted by Crippen LogP contribution is -2.35. The lowest BCUT2D eigenvalue weighted by Gasteiger charge is -2.25. The molecule has 0 saturated carbocycles. The van der Waals surface area contributed by atoms with Crippen molar-refractivity contribution in [1.29, 1.82) is 0 Å². The molecule has 0 radical (unpaired) electrons. The Hall–Kier alpha value is -1.13. The highest BCUT2D eigenvalue weighted by molar-refractivity contribution is 5.25. The number of nitrogens with two attached hydrogens (primary N) is 1. The van der Waals surface area contributed by atoms with E-state index in [4.69, 9.17) is 5.73 Å². The smallest absolute Gasteiger partial charge is 0.250 e. The van der Waals surface area contributed by atoms with Gasteiger partial charge in [-0.3, -0.25) is 4.79 Å². The molecule has 0 fully saturated rings. The molecule has 4 nitrogen and oxygen atoms in total. The first-order valence-electron chi connectivity index (χ1n) is 6.20. The Bertz CT molecular complexity index is 450. The van der Waals surface area contributed by atoms with Gasteiger partial charge in [0.15, 0.2) is 0 Å². The topological polar surface area (TPSA) is 51.3 Å². The van der Waals surface area contributed by atoms with Crippen molar-refractivity contribution in [2.24, 2.45) is 5.73 Å². The van der Waals surface area contributed by atoms with Crippen LogP contribution in [-0.4, -0.2) is 36.1 Å². The van der Waals surface area contributed by atoms with Gasteiger partial charge in [-0.25, -0.2) is 0 Å². The second-order valence-electron chi connectivity index (χ2n) is 5.10. The van der Waals surface area contributed by atoms with Crippen molar-refractivity contribution in [3.05, 3.63) is 33.7 Å². The van der Waals surface area contributed by atoms with Gasteiger partial charge in [0.25, 0.3) is 5.56 Å². The van der Waals surface area contributed by atoms with E-state index in [9.17, 15) is 4.79 Å². The highest BCUT2D eigenvalue weighted by atomic mass is 16.1. The minimum Gasteiger partial charge on any atom is -0.327 e. The summed E-state index contributed by atoms with van der Waals surface area (Å²) in [4.78, 5) is 14.0. The summed E-state index contributed by atoms with van der Waals surface area (Å²) < 4.78 is 1.92. The molecular formula is C13H21N3O. The number of nitrogens with zero attached hydrogens (tertiary/aromatic N) is 2. The van der Waals surface area contributed by atoms with Crippen molar-refractivity contribution in [2.45, 2.75) is 31.8 Å². The zero-order valence-electron chi connectivity index (χ0n) is 10.6. The van der Waals surface area contributed by atoms with Crippen LogP contribution in [0.3, 0.4) is 0 Å². The first-order valence-corrected chi connectivity index (χ1v) is 6.20. The van der Waals surface area contributed by atoms with Gasteiger partial charge in [-0.15, -0.1) is 0 Å². The van der Waals surface area contributed by atoms with Crippen LogP contribution in [0, 0.1) is 0 Å². The van der Waals surface area contributed by atoms with Crippen molar-refractivity contribution >= 4 is 0 Å². The summed E-state index contributed by atoms with van der Waals surface area (Å²) in [6, 6.07) is 3.87. The fourth-order valence-corrected chi connectivity index (χ4v) is 2.40. The van der Waals surface area contributed by atoms with Crippen molar-refractivity contribution in [1.82, 2.24) is 9.47 Å². The standard InChI is InChI=1S/C13H21N3O/c1-15(2)7-8-16-12-5-4-11(14)9-10(12)3-6-13(16)17/h3,6,11H,4-5,7-9,14H2,1-2H3. The molecule has 0 saturated heterocycles. The molecule has 0 amide bonds. The molecule has 2 rings (SSSR count). The highest BCUT2D eigenvalue weighted by Gasteiger charge is 2.18. The number of pyridine rings is 1. The number of aromatic nitrogens is 1. The van der Waals surface area contributed by atoms with Gasteiger partial charge in [0.05, 0.1) is 0 Å². The summed E-state index contributed by atoms with van der Waals surface area (Å²) in [5.74, 6) is 0. The van der Waals surface area contributed by atoms with Crippen LogP contribution in [0.25, 0.3) is 0 Å². The molecular weight excluding hydrogens is 214 g/mol. The van der Waals surface area contributed by atoms with Crippen LogP contribution in [-0.2, 0) is 19.4 Å². The van der Waals surface area contributed by atoms with Crippen molar-refractivity contribution in [2.75, 3.05) is 20.6 Å². The SMILES string of the molecule is CN(C)CCn1c2c(ccc1=O)CC(N)CC2. The Kier molecular flexibility index (Phi) is 3.64. The fraction of sp³-hybridized carbons (Fsp3) is 0.615. The Balaban J connectivity index is 2.30. The normalized spacial score (nSPS) is 19.4. The molecule has 1 aliphatic rings. The molecule has 0 aliphatic heterocycles. The van der Waals surface area contributed by atoms with Crippen LogP contribution in [0.2, 0.25) is 0 Å². The van der Waals surface area contributed by atoms with Gasteiger partial charge in [0, 0.05) is 30.9 Å². The molecule has 4 heteroatoms. The third-order valence-electron chi connectivity index (χ3n) is 3.39. The van der Waals surface area contributed by atoms with Crippen LogP contribution < -0.4 is 11.3 Å². The summed E-state index contributed by atoms with van der Waals surface area (Å²) in [5.41, 5.74) is 8.52. The molecule has 0 bridgehead atoms. The van der Waals surface area contributed by atoms with E-state index < -0.39 is 0 Å². The van der Waals surface area contributed by atoms with E-state index in [-0.39, 0.29) is 11.6 Å². The fourth-order valence-electron chi connectivity index (χ4n) is 2.40. The summed E-state index contributed by atoms with van der Waals surface area (Å²) >= 11 is 0. The lowest BCUT2D eigenvalue weighted by molar-refractivity contribution is 0.374. The molecule has 1 aromatic heterocycles. The third kappa shape index (κ3) is 2.76. The Morgan fingerprint density at radius 2 is 2.24 bits per heavy atom. The predicted octanol–water partition coefficient (Wildman–Crippen LogP) is 0.226. The number of likely N-dealkylation sites (N-methyl/N-ethyl adjacent to an activating group) is 1. The van der Waals surface area contributed by atoms with E-state index >= 15 is 0 Å². The van der Waals surface area contributed by atoms with E-state index in [2.05, 4.69) is 4.90 Å². The zero-order valence-corrected chi connectivity index (χ0v) is 10.6. The third-order valence-corrected chi connectivity index (χ3v) is 3.39. The molecule has 0 aromatic carbocycles. The quantitative estimate of drug-likeness (QED) is 0.816.